The molecule has 5 heteroatoms. The molecule has 0 saturated heterocycles. The number of fused-ring (bicyclic) bond motifs is 1. The van der Waals surface area contributed by atoms with E-state index in [0.29, 0.717) is 17.9 Å². The van der Waals surface area contributed by atoms with Gasteiger partial charge in [0, 0.05) is 35.7 Å². The Morgan fingerprint density at radius 1 is 0.966 bits per heavy atom. The van der Waals surface area contributed by atoms with Crippen molar-refractivity contribution in [1.29, 1.82) is 0 Å². The predicted molar refractivity (Wildman–Crippen MR) is 120 cm³/mol. The van der Waals surface area contributed by atoms with E-state index in [1.165, 1.54) is 12.5 Å². The maximum Gasteiger partial charge on any atom is 0.272 e. The first-order valence-corrected chi connectivity index (χ1v) is 10.2. The van der Waals surface area contributed by atoms with Crippen LogP contribution < -0.4 is 10.6 Å². The van der Waals surface area contributed by atoms with Crippen molar-refractivity contribution >= 4 is 34.1 Å². The van der Waals surface area contributed by atoms with E-state index in [-0.39, 0.29) is 11.8 Å². The topological polar surface area (TPSA) is 63.1 Å². The molecule has 3 aromatic rings. The van der Waals surface area contributed by atoms with Crippen molar-refractivity contribution in [3.05, 3.63) is 58.8 Å². The van der Waals surface area contributed by atoms with Gasteiger partial charge in [-0.15, -0.1) is 0 Å². The summed E-state index contributed by atoms with van der Waals surface area (Å²) >= 11 is 0. The molecule has 5 nitrogen and oxygen atoms in total. The summed E-state index contributed by atoms with van der Waals surface area (Å²) in [6, 6.07) is 12.0. The molecule has 152 valence electrons. The summed E-state index contributed by atoms with van der Waals surface area (Å²) in [7, 11) is 0. The van der Waals surface area contributed by atoms with E-state index in [2.05, 4.69) is 47.2 Å². The maximum atomic E-state index is 13.3. The van der Waals surface area contributed by atoms with Gasteiger partial charge in [0.1, 0.15) is 5.69 Å². The number of carbonyl (C=O) groups excluding carboxylic acids is 2. The van der Waals surface area contributed by atoms with Gasteiger partial charge in [-0.25, -0.2) is 0 Å². The standard InChI is InChI=1S/C24H29N3O2/c1-6-17-9-12-22-20(13-17)15(4)23(27(22)8-3)24(29)26-21-14-19(25-16(5)28)11-10-18(21)7-2/h9-14H,6-8H2,1-5H3,(H,25,28)(H,26,29). The molecule has 2 N–H and O–H groups in total. The molecule has 0 spiro atoms. The third kappa shape index (κ3) is 4.04. The van der Waals surface area contributed by atoms with Crippen molar-refractivity contribution in [3.63, 3.8) is 0 Å². The van der Waals surface area contributed by atoms with Crippen LogP contribution >= 0.6 is 0 Å². The molecule has 0 aliphatic rings. The lowest BCUT2D eigenvalue weighted by molar-refractivity contribution is -0.114. The van der Waals surface area contributed by atoms with E-state index in [1.807, 2.05) is 32.0 Å². The number of carbonyl (C=O) groups is 2. The number of hydrogen-bond donors (Lipinski definition) is 2. The van der Waals surface area contributed by atoms with Crippen molar-refractivity contribution in [2.24, 2.45) is 0 Å². The summed E-state index contributed by atoms with van der Waals surface area (Å²) in [4.78, 5) is 24.7. The Balaban J connectivity index is 2.04. The molecule has 0 aliphatic carbocycles. The highest BCUT2D eigenvalue weighted by Crippen LogP contribution is 2.29. The van der Waals surface area contributed by atoms with E-state index in [1.54, 1.807) is 0 Å². The first kappa shape index (κ1) is 20.6. The Morgan fingerprint density at radius 3 is 2.34 bits per heavy atom. The zero-order valence-electron chi connectivity index (χ0n) is 17.8. The predicted octanol–water partition coefficient (Wildman–Crippen LogP) is 5.31. The molecule has 0 unspecified atom stereocenters. The number of nitrogens with zero attached hydrogens (tertiary/aromatic N) is 1. The lowest BCUT2D eigenvalue weighted by atomic mass is 10.1. The average Bonchev–Trinajstić information content (AvgIpc) is 2.99. The van der Waals surface area contributed by atoms with Crippen LogP contribution in [0, 0.1) is 6.92 Å². The van der Waals surface area contributed by atoms with Crippen LogP contribution in [-0.4, -0.2) is 16.4 Å². The van der Waals surface area contributed by atoms with E-state index in [9.17, 15) is 9.59 Å². The van der Waals surface area contributed by atoms with E-state index in [0.717, 1.165) is 40.6 Å². The van der Waals surface area contributed by atoms with E-state index >= 15 is 0 Å². The SMILES string of the molecule is CCc1ccc2c(c1)c(C)c(C(=O)Nc1cc(NC(C)=O)ccc1CC)n2CC. The number of amides is 2. The molecule has 0 saturated carbocycles. The molecule has 0 bridgehead atoms. The molecular weight excluding hydrogens is 362 g/mol. The molecule has 0 fully saturated rings. The van der Waals surface area contributed by atoms with Gasteiger partial charge in [0.15, 0.2) is 0 Å². The summed E-state index contributed by atoms with van der Waals surface area (Å²) in [6.07, 6.45) is 1.75. The summed E-state index contributed by atoms with van der Waals surface area (Å²) in [5.41, 5.74) is 6.44. The lowest BCUT2D eigenvalue weighted by Gasteiger charge is -2.14. The Hall–Kier alpha value is -3.08. The molecule has 0 atom stereocenters. The number of aromatic nitrogens is 1. The number of aryl methyl sites for hydroxylation is 4. The van der Waals surface area contributed by atoms with Gasteiger partial charge in [-0.05, 0) is 67.6 Å². The third-order valence-corrected chi connectivity index (χ3v) is 5.38. The minimum atomic E-state index is -0.139. The van der Waals surface area contributed by atoms with Crippen molar-refractivity contribution in [2.45, 2.75) is 54.0 Å². The second kappa shape index (κ2) is 8.52. The number of nitrogens with one attached hydrogen (secondary N) is 2. The minimum absolute atomic E-state index is 0.131. The largest absolute Gasteiger partial charge is 0.337 e. The van der Waals surface area contributed by atoms with Crippen LogP contribution in [0.4, 0.5) is 11.4 Å². The van der Waals surface area contributed by atoms with Crippen molar-refractivity contribution in [1.82, 2.24) is 4.57 Å². The van der Waals surface area contributed by atoms with Crippen LogP contribution in [0.2, 0.25) is 0 Å². The molecule has 2 aromatic carbocycles. The summed E-state index contributed by atoms with van der Waals surface area (Å²) in [5.74, 6) is -0.270. The molecule has 0 radical (unpaired) electrons. The minimum Gasteiger partial charge on any atom is -0.337 e. The van der Waals surface area contributed by atoms with Crippen LogP contribution in [0.25, 0.3) is 10.9 Å². The van der Waals surface area contributed by atoms with Gasteiger partial charge < -0.3 is 15.2 Å². The second-order valence-corrected chi connectivity index (χ2v) is 7.28. The van der Waals surface area contributed by atoms with Gasteiger partial charge in [-0.3, -0.25) is 9.59 Å². The number of benzene rings is 2. The number of rotatable bonds is 6. The first-order valence-electron chi connectivity index (χ1n) is 10.2. The molecule has 29 heavy (non-hydrogen) atoms. The third-order valence-electron chi connectivity index (χ3n) is 5.38. The number of anilines is 2. The maximum absolute atomic E-state index is 13.3. The molecule has 2 amide bonds. The molecule has 3 rings (SSSR count). The van der Waals surface area contributed by atoms with Crippen molar-refractivity contribution in [2.75, 3.05) is 10.6 Å². The van der Waals surface area contributed by atoms with Crippen LogP contribution in [0.1, 0.15) is 54.9 Å². The summed E-state index contributed by atoms with van der Waals surface area (Å²) < 4.78 is 2.07. The van der Waals surface area contributed by atoms with Gasteiger partial charge in [0.2, 0.25) is 5.91 Å². The van der Waals surface area contributed by atoms with Gasteiger partial charge >= 0.3 is 0 Å². The average molecular weight is 392 g/mol. The zero-order chi connectivity index (χ0) is 21.1. The highest BCUT2D eigenvalue weighted by molar-refractivity contribution is 6.09. The zero-order valence-corrected chi connectivity index (χ0v) is 17.8. The highest BCUT2D eigenvalue weighted by Gasteiger charge is 2.20. The van der Waals surface area contributed by atoms with Gasteiger partial charge in [0.25, 0.3) is 5.91 Å². The van der Waals surface area contributed by atoms with E-state index in [4.69, 9.17) is 0 Å². The van der Waals surface area contributed by atoms with Crippen LogP contribution in [0.5, 0.6) is 0 Å². The highest BCUT2D eigenvalue weighted by atomic mass is 16.2. The van der Waals surface area contributed by atoms with Crippen LogP contribution in [-0.2, 0) is 24.2 Å². The first-order chi connectivity index (χ1) is 13.9. The van der Waals surface area contributed by atoms with Crippen molar-refractivity contribution in [3.8, 4) is 0 Å². The van der Waals surface area contributed by atoms with Crippen molar-refractivity contribution < 1.29 is 9.59 Å². The summed E-state index contributed by atoms with van der Waals surface area (Å²) in [6.45, 7) is 10.4. The van der Waals surface area contributed by atoms with Crippen LogP contribution in [0.3, 0.4) is 0 Å². The fraction of sp³-hybridized carbons (Fsp3) is 0.333. The normalized spacial score (nSPS) is 10.9. The smallest absolute Gasteiger partial charge is 0.272 e. The molecule has 1 aromatic heterocycles. The second-order valence-electron chi connectivity index (χ2n) is 7.28. The Bertz CT molecular complexity index is 1080. The number of hydrogen-bond acceptors (Lipinski definition) is 2. The fourth-order valence-electron chi connectivity index (χ4n) is 3.87. The van der Waals surface area contributed by atoms with E-state index < -0.39 is 0 Å². The summed E-state index contributed by atoms with van der Waals surface area (Å²) in [5, 5.41) is 6.99. The quantitative estimate of drug-likeness (QED) is 0.598. The molecule has 1 heterocycles. The van der Waals surface area contributed by atoms with Gasteiger partial charge in [-0.1, -0.05) is 26.0 Å². The molecule has 0 aliphatic heterocycles. The molecular formula is C24H29N3O2. The lowest BCUT2D eigenvalue weighted by Crippen LogP contribution is -2.19. The van der Waals surface area contributed by atoms with Crippen LogP contribution in [0.15, 0.2) is 36.4 Å². The van der Waals surface area contributed by atoms with Gasteiger partial charge in [0.05, 0.1) is 0 Å². The van der Waals surface area contributed by atoms with Gasteiger partial charge in [-0.2, -0.15) is 0 Å². The monoisotopic (exact) mass is 391 g/mol. The Kier molecular flexibility index (Phi) is 6.06. The Morgan fingerprint density at radius 2 is 1.72 bits per heavy atom. The Labute approximate surface area is 172 Å². The fourth-order valence-corrected chi connectivity index (χ4v) is 3.87.